The highest BCUT2D eigenvalue weighted by atomic mass is 32.2. The average Bonchev–Trinajstić information content (AvgIpc) is 2.72. The Morgan fingerprint density at radius 3 is 2.50 bits per heavy atom. The van der Waals surface area contributed by atoms with Crippen LogP contribution in [0.1, 0.15) is 17.9 Å². The minimum Gasteiger partial charge on any atom is -0.497 e. The van der Waals surface area contributed by atoms with E-state index < -0.39 is 0 Å². The second-order valence-electron chi connectivity index (χ2n) is 5.24. The Bertz CT molecular complexity index is 461. The summed E-state index contributed by atoms with van der Waals surface area (Å²) in [6, 6.07) is 8.00. The normalized spacial score (nSPS) is 22.6. The molecule has 110 valence electrons. The Hall–Kier alpha value is -1.20. The first-order valence-corrected chi connectivity index (χ1v) is 7.72. The molecule has 1 fully saturated rings. The molecule has 2 rings (SSSR count). The highest BCUT2D eigenvalue weighted by Gasteiger charge is 2.38. The SMILES string of the molecule is COc1ccc([C@H]2S[C@H](C)C(=O)N2CCN(C)C)cc1. The third kappa shape index (κ3) is 3.27. The van der Waals surface area contributed by atoms with Crippen molar-refractivity contribution >= 4 is 17.7 Å². The molecule has 4 nitrogen and oxygen atoms in total. The first kappa shape index (κ1) is 15.2. The maximum atomic E-state index is 12.3. The number of thioether (sulfide) groups is 1. The van der Waals surface area contributed by atoms with E-state index in [4.69, 9.17) is 4.74 Å². The van der Waals surface area contributed by atoms with E-state index >= 15 is 0 Å². The van der Waals surface area contributed by atoms with Gasteiger partial charge in [0.2, 0.25) is 5.91 Å². The van der Waals surface area contributed by atoms with Crippen molar-refractivity contribution in [2.45, 2.75) is 17.5 Å². The molecular formula is C15H22N2O2S. The molecule has 0 spiro atoms. The van der Waals surface area contributed by atoms with Crippen LogP contribution in [0.15, 0.2) is 24.3 Å². The fourth-order valence-electron chi connectivity index (χ4n) is 2.24. The van der Waals surface area contributed by atoms with Crippen molar-refractivity contribution in [2.75, 3.05) is 34.3 Å². The topological polar surface area (TPSA) is 32.8 Å². The molecule has 0 saturated carbocycles. The summed E-state index contributed by atoms with van der Waals surface area (Å²) >= 11 is 1.72. The lowest BCUT2D eigenvalue weighted by atomic mass is 10.2. The molecule has 0 bridgehead atoms. The molecule has 0 unspecified atom stereocenters. The van der Waals surface area contributed by atoms with Gasteiger partial charge in [0.1, 0.15) is 11.1 Å². The molecule has 1 aromatic rings. The summed E-state index contributed by atoms with van der Waals surface area (Å²) in [5.74, 6) is 1.08. The number of benzene rings is 1. The number of hydrogen-bond donors (Lipinski definition) is 0. The summed E-state index contributed by atoms with van der Waals surface area (Å²) in [6.45, 7) is 3.63. The Morgan fingerprint density at radius 2 is 1.95 bits per heavy atom. The monoisotopic (exact) mass is 294 g/mol. The second-order valence-corrected chi connectivity index (χ2v) is 6.66. The number of carbonyl (C=O) groups excluding carboxylic acids is 1. The van der Waals surface area contributed by atoms with Gasteiger partial charge in [0.25, 0.3) is 0 Å². The highest BCUT2D eigenvalue weighted by molar-refractivity contribution is 8.01. The van der Waals surface area contributed by atoms with E-state index in [1.165, 1.54) is 0 Å². The molecule has 1 aromatic carbocycles. The summed E-state index contributed by atoms with van der Waals surface area (Å²) in [5.41, 5.74) is 1.16. The summed E-state index contributed by atoms with van der Waals surface area (Å²) in [7, 11) is 5.72. The third-order valence-electron chi connectivity index (χ3n) is 3.44. The van der Waals surface area contributed by atoms with E-state index in [1.54, 1.807) is 18.9 Å². The third-order valence-corrected chi connectivity index (χ3v) is 4.83. The van der Waals surface area contributed by atoms with Gasteiger partial charge < -0.3 is 14.5 Å². The number of ether oxygens (including phenoxy) is 1. The van der Waals surface area contributed by atoms with Crippen LogP contribution in [-0.2, 0) is 4.79 Å². The Kier molecular flexibility index (Phi) is 4.94. The van der Waals surface area contributed by atoms with Crippen molar-refractivity contribution in [3.63, 3.8) is 0 Å². The second kappa shape index (κ2) is 6.50. The predicted molar refractivity (Wildman–Crippen MR) is 83.1 cm³/mol. The van der Waals surface area contributed by atoms with Crippen LogP contribution in [0.5, 0.6) is 5.75 Å². The van der Waals surface area contributed by atoms with Crippen LogP contribution < -0.4 is 4.74 Å². The van der Waals surface area contributed by atoms with Gasteiger partial charge in [0, 0.05) is 13.1 Å². The number of likely N-dealkylation sites (N-methyl/N-ethyl adjacent to an activating group) is 1. The molecule has 2 atom stereocenters. The number of amides is 1. The zero-order chi connectivity index (χ0) is 14.7. The minimum absolute atomic E-state index is 0.0317. The molecule has 0 aromatic heterocycles. The summed E-state index contributed by atoms with van der Waals surface area (Å²) < 4.78 is 5.19. The van der Waals surface area contributed by atoms with Crippen molar-refractivity contribution in [3.8, 4) is 5.75 Å². The highest BCUT2D eigenvalue weighted by Crippen LogP contribution is 2.42. The lowest BCUT2D eigenvalue weighted by Gasteiger charge is -2.25. The van der Waals surface area contributed by atoms with Gasteiger partial charge in [-0.05, 0) is 38.7 Å². The zero-order valence-corrected chi connectivity index (χ0v) is 13.3. The maximum Gasteiger partial charge on any atom is 0.236 e. The van der Waals surface area contributed by atoms with Gasteiger partial charge in [0.05, 0.1) is 12.4 Å². The Morgan fingerprint density at radius 1 is 1.30 bits per heavy atom. The van der Waals surface area contributed by atoms with Crippen LogP contribution >= 0.6 is 11.8 Å². The lowest BCUT2D eigenvalue weighted by molar-refractivity contribution is -0.129. The Balaban J connectivity index is 2.16. The van der Waals surface area contributed by atoms with Gasteiger partial charge in [0.15, 0.2) is 0 Å². The van der Waals surface area contributed by atoms with Crippen LogP contribution in [0.4, 0.5) is 0 Å². The lowest BCUT2D eigenvalue weighted by Crippen LogP contribution is -2.36. The molecule has 20 heavy (non-hydrogen) atoms. The van der Waals surface area contributed by atoms with Gasteiger partial charge in [-0.25, -0.2) is 0 Å². The molecule has 1 heterocycles. The predicted octanol–water partition coefficient (Wildman–Crippen LogP) is 2.22. The first-order valence-electron chi connectivity index (χ1n) is 6.77. The van der Waals surface area contributed by atoms with Crippen molar-refractivity contribution in [1.82, 2.24) is 9.80 Å². The maximum absolute atomic E-state index is 12.3. The number of carbonyl (C=O) groups is 1. The molecule has 1 aliphatic rings. The molecule has 0 aliphatic carbocycles. The Labute approximate surface area is 125 Å². The van der Waals surface area contributed by atoms with Crippen molar-refractivity contribution in [3.05, 3.63) is 29.8 Å². The quantitative estimate of drug-likeness (QED) is 0.833. The van der Waals surface area contributed by atoms with Crippen molar-refractivity contribution < 1.29 is 9.53 Å². The van der Waals surface area contributed by atoms with Gasteiger partial charge in [-0.15, -0.1) is 11.8 Å². The van der Waals surface area contributed by atoms with E-state index in [1.807, 2.05) is 50.2 Å². The van der Waals surface area contributed by atoms with E-state index in [-0.39, 0.29) is 16.5 Å². The standard InChI is InChI=1S/C15H22N2O2S/c1-11-14(18)17(10-9-16(2)3)15(20-11)12-5-7-13(19-4)8-6-12/h5-8,11,15H,9-10H2,1-4H3/t11-,15-/m1/s1. The largest absolute Gasteiger partial charge is 0.497 e. The van der Waals surface area contributed by atoms with Crippen LogP contribution in [0, 0.1) is 0 Å². The summed E-state index contributed by atoms with van der Waals surface area (Å²) in [5, 5.41) is 0.146. The zero-order valence-electron chi connectivity index (χ0n) is 12.5. The van der Waals surface area contributed by atoms with Gasteiger partial charge in [-0.2, -0.15) is 0 Å². The molecule has 1 amide bonds. The molecular weight excluding hydrogens is 272 g/mol. The van der Waals surface area contributed by atoms with E-state index in [0.29, 0.717) is 0 Å². The minimum atomic E-state index is 0.0317. The molecule has 1 aliphatic heterocycles. The summed E-state index contributed by atoms with van der Waals surface area (Å²) in [4.78, 5) is 16.4. The van der Waals surface area contributed by atoms with Gasteiger partial charge in [-0.1, -0.05) is 12.1 Å². The number of rotatable bonds is 5. The smallest absolute Gasteiger partial charge is 0.236 e. The van der Waals surface area contributed by atoms with E-state index in [0.717, 1.165) is 24.4 Å². The molecule has 5 heteroatoms. The van der Waals surface area contributed by atoms with Crippen LogP contribution in [0.3, 0.4) is 0 Å². The molecule has 1 saturated heterocycles. The van der Waals surface area contributed by atoms with Crippen molar-refractivity contribution in [2.24, 2.45) is 0 Å². The van der Waals surface area contributed by atoms with Crippen LogP contribution in [0.25, 0.3) is 0 Å². The van der Waals surface area contributed by atoms with Gasteiger partial charge >= 0.3 is 0 Å². The van der Waals surface area contributed by atoms with Crippen LogP contribution in [0.2, 0.25) is 0 Å². The first-order chi connectivity index (χ1) is 9.52. The van der Waals surface area contributed by atoms with E-state index in [9.17, 15) is 4.79 Å². The van der Waals surface area contributed by atoms with E-state index in [2.05, 4.69) is 4.90 Å². The number of hydrogen-bond acceptors (Lipinski definition) is 4. The summed E-state index contributed by atoms with van der Waals surface area (Å²) in [6.07, 6.45) is 0. The fraction of sp³-hybridized carbons (Fsp3) is 0.533. The molecule has 0 N–H and O–H groups in total. The van der Waals surface area contributed by atoms with Gasteiger partial charge in [-0.3, -0.25) is 4.79 Å². The average molecular weight is 294 g/mol. The van der Waals surface area contributed by atoms with Crippen LogP contribution in [-0.4, -0.2) is 55.3 Å². The number of methoxy groups -OCH3 is 1. The fourth-order valence-corrected chi connectivity index (χ4v) is 3.55. The van der Waals surface area contributed by atoms with Crippen molar-refractivity contribution in [1.29, 1.82) is 0 Å². The number of nitrogens with zero attached hydrogens (tertiary/aromatic N) is 2. The molecule has 0 radical (unpaired) electrons.